The maximum absolute atomic E-state index is 11.4. The van der Waals surface area contributed by atoms with Gasteiger partial charge >= 0.3 is 0 Å². The van der Waals surface area contributed by atoms with E-state index < -0.39 is 5.54 Å². The van der Waals surface area contributed by atoms with Crippen molar-refractivity contribution in [2.24, 2.45) is 11.7 Å². The second-order valence-corrected chi connectivity index (χ2v) is 4.05. The number of carbonyl (C=O) groups is 1. The maximum atomic E-state index is 11.4. The number of amides is 1. The van der Waals surface area contributed by atoms with Crippen LogP contribution in [0.4, 0.5) is 0 Å². The van der Waals surface area contributed by atoms with Crippen molar-refractivity contribution in [1.82, 2.24) is 5.32 Å². The molecule has 1 rings (SSSR count). The van der Waals surface area contributed by atoms with Gasteiger partial charge in [-0.05, 0) is 26.3 Å². The van der Waals surface area contributed by atoms with Gasteiger partial charge in [-0.15, -0.1) is 0 Å². The van der Waals surface area contributed by atoms with Crippen LogP contribution in [0.2, 0.25) is 0 Å². The number of hydrogen-bond donors (Lipinski definition) is 2. The predicted octanol–water partition coefficient (Wildman–Crippen LogP) is 0.267. The first-order chi connectivity index (χ1) is 6.61. The molecule has 1 aliphatic heterocycles. The molecule has 0 radical (unpaired) electrons. The van der Waals surface area contributed by atoms with Crippen LogP contribution in [0.1, 0.15) is 26.7 Å². The van der Waals surface area contributed by atoms with E-state index in [1.165, 1.54) is 0 Å². The largest absolute Gasteiger partial charge is 0.381 e. The van der Waals surface area contributed by atoms with Crippen LogP contribution < -0.4 is 11.1 Å². The van der Waals surface area contributed by atoms with E-state index in [-0.39, 0.29) is 11.8 Å². The lowest BCUT2D eigenvalue weighted by Crippen LogP contribution is -2.58. The number of ether oxygens (including phenoxy) is 1. The van der Waals surface area contributed by atoms with Gasteiger partial charge in [0.15, 0.2) is 0 Å². The summed E-state index contributed by atoms with van der Waals surface area (Å²) < 4.78 is 5.29. The number of hydrogen-bond acceptors (Lipinski definition) is 3. The quantitative estimate of drug-likeness (QED) is 0.669. The molecule has 4 heteroatoms. The zero-order chi connectivity index (χ0) is 10.6. The molecule has 82 valence electrons. The van der Waals surface area contributed by atoms with E-state index in [1.54, 1.807) is 0 Å². The first-order valence-corrected chi connectivity index (χ1v) is 5.24. The molecular weight excluding hydrogens is 180 g/mol. The van der Waals surface area contributed by atoms with Gasteiger partial charge in [-0.1, -0.05) is 6.92 Å². The van der Waals surface area contributed by atoms with Crippen molar-refractivity contribution in [3.63, 3.8) is 0 Å². The third-order valence-corrected chi connectivity index (χ3v) is 3.00. The normalized spacial score (nSPS) is 26.0. The summed E-state index contributed by atoms with van der Waals surface area (Å²) in [6.07, 6.45) is 1.91. The predicted molar refractivity (Wildman–Crippen MR) is 54.8 cm³/mol. The summed E-state index contributed by atoms with van der Waals surface area (Å²) in [6.45, 7) is 6.14. The number of rotatable bonds is 5. The first kappa shape index (κ1) is 11.5. The Hall–Kier alpha value is -0.610. The fourth-order valence-corrected chi connectivity index (χ4v) is 1.81. The molecular formula is C10H20N2O2. The van der Waals surface area contributed by atoms with E-state index in [0.717, 1.165) is 26.0 Å². The van der Waals surface area contributed by atoms with Crippen LogP contribution in [0.25, 0.3) is 0 Å². The molecule has 2 atom stereocenters. The highest BCUT2D eigenvalue weighted by Gasteiger charge is 2.40. The van der Waals surface area contributed by atoms with Gasteiger partial charge in [0, 0.05) is 12.5 Å². The topological polar surface area (TPSA) is 64.3 Å². The van der Waals surface area contributed by atoms with Crippen molar-refractivity contribution in [3.8, 4) is 0 Å². The molecule has 0 saturated carbocycles. The minimum Gasteiger partial charge on any atom is -0.381 e. The van der Waals surface area contributed by atoms with Crippen molar-refractivity contribution in [2.75, 3.05) is 19.8 Å². The van der Waals surface area contributed by atoms with Gasteiger partial charge in [0.1, 0.15) is 0 Å². The second kappa shape index (κ2) is 4.75. The Labute approximate surface area is 85.2 Å². The van der Waals surface area contributed by atoms with E-state index in [1.807, 2.05) is 6.92 Å². The third kappa shape index (κ3) is 2.25. The summed E-state index contributed by atoms with van der Waals surface area (Å²) in [7, 11) is 0. The fourth-order valence-electron chi connectivity index (χ4n) is 1.81. The Kier molecular flexibility index (Phi) is 3.89. The summed E-state index contributed by atoms with van der Waals surface area (Å²) >= 11 is 0. The van der Waals surface area contributed by atoms with Gasteiger partial charge in [0.25, 0.3) is 0 Å². The lowest BCUT2D eigenvalue weighted by atomic mass is 9.84. The van der Waals surface area contributed by atoms with Gasteiger partial charge in [-0.3, -0.25) is 4.79 Å². The molecule has 1 saturated heterocycles. The molecule has 0 aromatic rings. The fraction of sp³-hybridized carbons (Fsp3) is 0.900. The number of nitrogens with one attached hydrogen (secondary N) is 1. The summed E-state index contributed by atoms with van der Waals surface area (Å²) in [4.78, 5) is 11.4. The summed E-state index contributed by atoms with van der Waals surface area (Å²) in [5.74, 6) is -0.0620. The van der Waals surface area contributed by atoms with E-state index >= 15 is 0 Å². The second-order valence-electron chi connectivity index (χ2n) is 4.05. The van der Waals surface area contributed by atoms with Crippen LogP contribution in [-0.4, -0.2) is 31.2 Å². The van der Waals surface area contributed by atoms with Crippen molar-refractivity contribution >= 4 is 5.91 Å². The average Bonchev–Trinajstić information content (AvgIpc) is 2.66. The lowest BCUT2D eigenvalue weighted by molar-refractivity contribution is -0.126. The molecule has 0 bridgehead atoms. The molecule has 1 fully saturated rings. The zero-order valence-electron chi connectivity index (χ0n) is 9.01. The van der Waals surface area contributed by atoms with Crippen LogP contribution in [0.3, 0.4) is 0 Å². The minimum absolute atomic E-state index is 0.214. The molecule has 2 unspecified atom stereocenters. The van der Waals surface area contributed by atoms with Gasteiger partial charge in [-0.2, -0.15) is 0 Å². The van der Waals surface area contributed by atoms with E-state index in [9.17, 15) is 4.79 Å². The maximum Gasteiger partial charge on any atom is 0.237 e. The van der Waals surface area contributed by atoms with E-state index in [0.29, 0.717) is 6.61 Å². The Morgan fingerprint density at radius 2 is 2.43 bits per heavy atom. The van der Waals surface area contributed by atoms with Crippen LogP contribution in [0.5, 0.6) is 0 Å². The lowest BCUT2D eigenvalue weighted by Gasteiger charge is -2.32. The monoisotopic (exact) mass is 200 g/mol. The zero-order valence-corrected chi connectivity index (χ0v) is 9.01. The SMILES string of the molecule is CCCNC(C)(C(N)=O)C1CCOC1. The van der Waals surface area contributed by atoms with Gasteiger partial charge < -0.3 is 15.8 Å². The molecule has 1 amide bonds. The molecule has 14 heavy (non-hydrogen) atoms. The third-order valence-electron chi connectivity index (χ3n) is 3.00. The van der Waals surface area contributed by atoms with Crippen LogP contribution in [0.15, 0.2) is 0 Å². The molecule has 0 aromatic heterocycles. The molecule has 0 spiro atoms. The molecule has 1 aliphatic rings. The molecule has 4 nitrogen and oxygen atoms in total. The minimum atomic E-state index is -0.605. The van der Waals surface area contributed by atoms with Crippen LogP contribution in [-0.2, 0) is 9.53 Å². The van der Waals surface area contributed by atoms with Crippen LogP contribution in [0, 0.1) is 5.92 Å². The number of carbonyl (C=O) groups excluding carboxylic acids is 1. The summed E-state index contributed by atoms with van der Waals surface area (Å²) in [5.41, 5.74) is 4.83. The van der Waals surface area contributed by atoms with E-state index in [4.69, 9.17) is 10.5 Å². The highest BCUT2D eigenvalue weighted by atomic mass is 16.5. The Balaban J connectivity index is 2.64. The smallest absolute Gasteiger partial charge is 0.237 e. The van der Waals surface area contributed by atoms with Crippen molar-refractivity contribution in [1.29, 1.82) is 0 Å². The Morgan fingerprint density at radius 3 is 2.86 bits per heavy atom. The first-order valence-electron chi connectivity index (χ1n) is 5.24. The number of primary amides is 1. The molecule has 0 aliphatic carbocycles. The summed E-state index contributed by atoms with van der Waals surface area (Å²) in [5, 5.41) is 3.23. The Morgan fingerprint density at radius 1 is 1.71 bits per heavy atom. The van der Waals surface area contributed by atoms with Crippen LogP contribution >= 0.6 is 0 Å². The molecule has 0 aromatic carbocycles. The number of nitrogens with two attached hydrogens (primary N) is 1. The van der Waals surface area contributed by atoms with Crippen molar-refractivity contribution < 1.29 is 9.53 Å². The summed E-state index contributed by atoms with van der Waals surface area (Å²) in [6, 6.07) is 0. The van der Waals surface area contributed by atoms with Crippen molar-refractivity contribution in [3.05, 3.63) is 0 Å². The highest BCUT2D eigenvalue weighted by molar-refractivity contribution is 5.84. The van der Waals surface area contributed by atoms with Gasteiger partial charge in [0.05, 0.1) is 12.1 Å². The Bertz CT molecular complexity index is 202. The average molecular weight is 200 g/mol. The highest BCUT2D eigenvalue weighted by Crippen LogP contribution is 2.25. The van der Waals surface area contributed by atoms with Gasteiger partial charge in [0.2, 0.25) is 5.91 Å². The van der Waals surface area contributed by atoms with Crippen molar-refractivity contribution in [2.45, 2.75) is 32.2 Å². The van der Waals surface area contributed by atoms with Gasteiger partial charge in [-0.25, -0.2) is 0 Å². The molecule has 3 N–H and O–H groups in total. The standard InChI is InChI=1S/C10H20N2O2/c1-3-5-12-10(2,9(11)13)8-4-6-14-7-8/h8,12H,3-7H2,1-2H3,(H2,11,13). The van der Waals surface area contributed by atoms with E-state index in [2.05, 4.69) is 12.2 Å². The molecule has 1 heterocycles.